The highest BCUT2D eigenvalue weighted by atomic mass is 16.5. The van der Waals surface area contributed by atoms with Crippen molar-refractivity contribution in [3.63, 3.8) is 0 Å². The summed E-state index contributed by atoms with van der Waals surface area (Å²) >= 11 is 0. The zero-order valence-electron chi connectivity index (χ0n) is 12.1. The molecule has 0 aromatic rings. The van der Waals surface area contributed by atoms with Gasteiger partial charge in [-0.15, -0.1) is 0 Å². The van der Waals surface area contributed by atoms with Crippen LogP contribution in [0, 0.1) is 16.7 Å². The van der Waals surface area contributed by atoms with Gasteiger partial charge >= 0.3 is 0 Å². The van der Waals surface area contributed by atoms with Crippen molar-refractivity contribution in [3.05, 3.63) is 0 Å². The maximum atomic E-state index is 12.1. The minimum absolute atomic E-state index is 0.127. The first kappa shape index (κ1) is 15.9. The Bertz CT molecular complexity index is 315. The number of hydrogen-bond donors (Lipinski definition) is 1. The Morgan fingerprint density at radius 1 is 1.37 bits per heavy atom. The Labute approximate surface area is 115 Å². The lowest BCUT2D eigenvalue weighted by molar-refractivity contribution is -0.132. The molecule has 1 rings (SSSR count). The van der Waals surface area contributed by atoms with Gasteiger partial charge < -0.3 is 15.0 Å². The van der Waals surface area contributed by atoms with E-state index in [9.17, 15) is 10.1 Å². The summed E-state index contributed by atoms with van der Waals surface area (Å²) in [5, 5.41) is 12.2. The number of hydrogen-bond acceptors (Lipinski definition) is 4. The van der Waals surface area contributed by atoms with Crippen molar-refractivity contribution < 1.29 is 9.53 Å². The monoisotopic (exact) mass is 267 g/mol. The molecule has 108 valence electrons. The van der Waals surface area contributed by atoms with Gasteiger partial charge in [0.2, 0.25) is 5.91 Å². The molecule has 5 nitrogen and oxygen atoms in total. The molecule has 1 N–H and O–H groups in total. The first-order valence-electron chi connectivity index (χ1n) is 7.18. The van der Waals surface area contributed by atoms with Gasteiger partial charge in [0.25, 0.3) is 0 Å². The second kappa shape index (κ2) is 8.13. The number of ether oxygens (including phenoxy) is 1. The maximum absolute atomic E-state index is 12.1. The summed E-state index contributed by atoms with van der Waals surface area (Å²) in [5.74, 6) is -0.127. The van der Waals surface area contributed by atoms with E-state index in [1.54, 1.807) is 0 Å². The van der Waals surface area contributed by atoms with E-state index in [-0.39, 0.29) is 5.91 Å². The molecule has 1 amide bonds. The van der Waals surface area contributed by atoms with Crippen molar-refractivity contribution in [1.29, 1.82) is 5.26 Å². The van der Waals surface area contributed by atoms with Gasteiger partial charge in [-0.3, -0.25) is 4.79 Å². The molecule has 0 aliphatic carbocycles. The van der Waals surface area contributed by atoms with E-state index in [2.05, 4.69) is 30.1 Å². The van der Waals surface area contributed by atoms with Crippen LogP contribution in [0.25, 0.3) is 0 Å². The van der Waals surface area contributed by atoms with Crippen LogP contribution in [0.5, 0.6) is 0 Å². The minimum Gasteiger partial charge on any atom is -0.381 e. The van der Waals surface area contributed by atoms with Crippen LogP contribution in [0.2, 0.25) is 0 Å². The Morgan fingerprint density at radius 2 is 2.00 bits per heavy atom. The number of nitriles is 1. The average Bonchev–Trinajstić information content (AvgIpc) is 2.47. The standard InChI is InChI=1S/C14H25N3O2/c1-3-17(4-2)9-5-8-16-13(18)14(12-15)6-10-19-11-7-14/h3-11H2,1-2H3,(H,16,18). The van der Waals surface area contributed by atoms with Crippen LogP contribution in [0.15, 0.2) is 0 Å². The molecule has 1 heterocycles. The smallest absolute Gasteiger partial charge is 0.240 e. The number of carbonyl (C=O) groups is 1. The molecule has 0 radical (unpaired) electrons. The van der Waals surface area contributed by atoms with Crippen molar-refractivity contribution >= 4 is 5.91 Å². The lowest BCUT2D eigenvalue weighted by Crippen LogP contribution is -2.44. The normalized spacial score (nSPS) is 18.0. The van der Waals surface area contributed by atoms with Gasteiger partial charge in [-0.2, -0.15) is 5.26 Å². The summed E-state index contributed by atoms with van der Waals surface area (Å²) in [7, 11) is 0. The number of carbonyl (C=O) groups excluding carboxylic acids is 1. The topological polar surface area (TPSA) is 65.4 Å². The minimum atomic E-state index is -0.868. The number of nitrogens with one attached hydrogen (secondary N) is 1. The molecule has 1 saturated heterocycles. The third-order valence-corrected chi connectivity index (χ3v) is 3.83. The van der Waals surface area contributed by atoms with Crippen molar-refractivity contribution in [1.82, 2.24) is 10.2 Å². The lowest BCUT2D eigenvalue weighted by atomic mass is 9.81. The van der Waals surface area contributed by atoms with Gasteiger partial charge in [0, 0.05) is 19.8 Å². The predicted octanol–water partition coefficient (Wildman–Crippen LogP) is 1.15. The summed E-state index contributed by atoms with van der Waals surface area (Å²) in [6, 6.07) is 2.19. The fourth-order valence-electron chi connectivity index (χ4n) is 2.32. The van der Waals surface area contributed by atoms with E-state index in [1.165, 1.54) is 0 Å². The SMILES string of the molecule is CCN(CC)CCCNC(=O)C1(C#N)CCOCC1. The van der Waals surface area contributed by atoms with Gasteiger partial charge in [-0.25, -0.2) is 0 Å². The first-order valence-corrected chi connectivity index (χ1v) is 7.18. The Morgan fingerprint density at radius 3 is 2.53 bits per heavy atom. The van der Waals surface area contributed by atoms with E-state index in [4.69, 9.17) is 4.74 Å². The summed E-state index contributed by atoms with van der Waals surface area (Å²) in [6.07, 6.45) is 1.93. The molecule has 1 fully saturated rings. The predicted molar refractivity (Wildman–Crippen MR) is 73.5 cm³/mol. The van der Waals surface area contributed by atoms with E-state index < -0.39 is 5.41 Å². The largest absolute Gasteiger partial charge is 0.381 e. The van der Waals surface area contributed by atoms with Crippen molar-refractivity contribution in [3.8, 4) is 6.07 Å². The molecule has 0 unspecified atom stereocenters. The molecule has 5 heteroatoms. The molecule has 0 atom stereocenters. The van der Waals surface area contributed by atoms with Crippen LogP contribution in [0.3, 0.4) is 0 Å². The lowest BCUT2D eigenvalue weighted by Gasteiger charge is -2.29. The van der Waals surface area contributed by atoms with Gasteiger partial charge in [0.05, 0.1) is 6.07 Å². The van der Waals surface area contributed by atoms with Crippen LogP contribution in [0.1, 0.15) is 33.1 Å². The molecule has 0 aromatic heterocycles. The molecule has 19 heavy (non-hydrogen) atoms. The van der Waals surface area contributed by atoms with E-state index in [0.717, 1.165) is 26.1 Å². The Hall–Kier alpha value is -1.12. The maximum Gasteiger partial charge on any atom is 0.240 e. The third-order valence-electron chi connectivity index (χ3n) is 3.83. The highest BCUT2D eigenvalue weighted by Gasteiger charge is 2.40. The number of amides is 1. The highest BCUT2D eigenvalue weighted by molar-refractivity contribution is 5.85. The molecule has 1 aliphatic heterocycles. The van der Waals surface area contributed by atoms with Crippen molar-refractivity contribution in [2.75, 3.05) is 39.4 Å². The summed E-state index contributed by atoms with van der Waals surface area (Å²) in [4.78, 5) is 14.5. The molecule has 0 aromatic carbocycles. The summed E-state index contributed by atoms with van der Waals surface area (Å²) < 4.78 is 5.23. The molecule has 1 aliphatic rings. The Kier molecular flexibility index (Phi) is 6.82. The van der Waals surface area contributed by atoms with Gasteiger partial charge in [-0.1, -0.05) is 13.8 Å². The molecule has 0 spiro atoms. The van der Waals surface area contributed by atoms with Crippen molar-refractivity contribution in [2.24, 2.45) is 5.41 Å². The summed E-state index contributed by atoms with van der Waals surface area (Å²) in [6.45, 7) is 8.95. The van der Waals surface area contributed by atoms with Gasteiger partial charge in [-0.05, 0) is 38.9 Å². The zero-order valence-corrected chi connectivity index (χ0v) is 12.1. The van der Waals surface area contributed by atoms with Crippen LogP contribution in [-0.2, 0) is 9.53 Å². The fraction of sp³-hybridized carbons (Fsp3) is 0.857. The fourth-order valence-corrected chi connectivity index (χ4v) is 2.32. The first-order chi connectivity index (χ1) is 9.18. The summed E-state index contributed by atoms with van der Waals surface area (Å²) in [5.41, 5.74) is -0.868. The van der Waals surface area contributed by atoms with Crippen molar-refractivity contribution in [2.45, 2.75) is 33.1 Å². The average molecular weight is 267 g/mol. The second-order valence-corrected chi connectivity index (χ2v) is 4.94. The second-order valence-electron chi connectivity index (χ2n) is 4.94. The third kappa shape index (κ3) is 4.48. The van der Waals surface area contributed by atoms with Crippen LogP contribution in [-0.4, -0.2) is 50.2 Å². The van der Waals surface area contributed by atoms with E-state index in [1.807, 2.05) is 0 Å². The molecular formula is C14H25N3O2. The van der Waals surface area contributed by atoms with E-state index >= 15 is 0 Å². The molecule has 0 saturated carbocycles. The van der Waals surface area contributed by atoms with Crippen LogP contribution in [0.4, 0.5) is 0 Å². The number of nitrogens with zero attached hydrogens (tertiary/aromatic N) is 2. The van der Waals surface area contributed by atoms with Crippen LogP contribution >= 0.6 is 0 Å². The van der Waals surface area contributed by atoms with E-state index in [0.29, 0.717) is 32.6 Å². The number of rotatable bonds is 7. The van der Waals surface area contributed by atoms with Gasteiger partial charge in [0.1, 0.15) is 5.41 Å². The molecule has 0 bridgehead atoms. The molecular weight excluding hydrogens is 242 g/mol. The van der Waals surface area contributed by atoms with Gasteiger partial charge in [0.15, 0.2) is 0 Å². The zero-order chi connectivity index (χ0) is 14.1. The van der Waals surface area contributed by atoms with Crippen LogP contribution < -0.4 is 5.32 Å². The highest BCUT2D eigenvalue weighted by Crippen LogP contribution is 2.29. The quantitative estimate of drug-likeness (QED) is 0.703. The Balaban J connectivity index is 2.32.